The number of likely N-dealkylation sites (N-methyl/N-ethyl adjacent to an activating group) is 1. The molecule has 0 heterocycles. The van der Waals surface area contributed by atoms with Crippen molar-refractivity contribution < 1.29 is 4.74 Å². The van der Waals surface area contributed by atoms with Crippen LogP contribution in [0.1, 0.15) is 33.3 Å². The summed E-state index contributed by atoms with van der Waals surface area (Å²) in [6.07, 6.45) is 0.218. The molecule has 0 fully saturated rings. The fourth-order valence-corrected chi connectivity index (χ4v) is 2.15. The summed E-state index contributed by atoms with van der Waals surface area (Å²) < 4.78 is 5.74. The average Bonchev–Trinajstić information content (AvgIpc) is 2.33. The summed E-state index contributed by atoms with van der Waals surface area (Å²) in [6, 6.07) is 8.85. The maximum atomic E-state index is 5.74. The van der Waals surface area contributed by atoms with Crippen LogP contribution < -0.4 is 10.1 Å². The number of rotatable bonds is 8. The largest absolute Gasteiger partial charge is 0.491 e. The number of ether oxygens (including phenoxy) is 1. The van der Waals surface area contributed by atoms with Gasteiger partial charge in [-0.1, -0.05) is 26.0 Å². The predicted octanol–water partition coefficient (Wildman–Crippen LogP) is 3.15. The summed E-state index contributed by atoms with van der Waals surface area (Å²) in [5.41, 5.74) is 1.27. The van der Waals surface area contributed by atoms with Crippen molar-refractivity contribution in [1.29, 1.82) is 0 Å². The molecule has 0 aliphatic carbocycles. The Morgan fingerprint density at radius 2 is 1.85 bits per heavy atom. The van der Waals surface area contributed by atoms with E-state index in [1.807, 2.05) is 6.07 Å². The maximum Gasteiger partial charge on any atom is 0.120 e. The molecule has 0 amide bonds. The van der Waals surface area contributed by atoms with Crippen LogP contribution >= 0.6 is 0 Å². The van der Waals surface area contributed by atoms with Crippen molar-refractivity contribution in [1.82, 2.24) is 10.2 Å². The van der Waals surface area contributed by atoms with Gasteiger partial charge in [0.05, 0.1) is 6.10 Å². The Morgan fingerprint density at radius 1 is 1.15 bits per heavy atom. The molecule has 1 aromatic rings. The third kappa shape index (κ3) is 6.40. The standard InChI is InChI=1S/C17H30N2O/c1-13(2)17(12-19(5)6)18-11-15-8-7-9-16(10-15)20-14(3)4/h7-10,13-14,17-18H,11-12H2,1-6H3. The fourth-order valence-electron chi connectivity index (χ4n) is 2.15. The smallest absolute Gasteiger partial charge is 0.120 e. The van der Waals surface area contributed by atoms with Crippen molar-refractivity contribution in [3.63, 3.8) is 0 Å². The van der Waals surface area contributed by atoms with Gasteiger partial charge in [-0.05, 0) is 51.6 Å². The first kappa shape index (κ1) is 17.0. The normalized spacial score (nSPS) is 13.2. The molecule has 1 aromatic carbocycles. The molecule has 0 saturated carbocycles. The molecule has 1 unspecified atom stereocenters. The first-order valence-electron chi connectivity index (χ1n) is 7.52. The molecule has 0 spiro atoms. The summed E-state index contributed by atoms with van der Waals surface area (Å²) in [7, 11) is 4.24. The van der Waals surface area contributed by atoms with Gasteiger partial charge in [-0.25, -0.2) is 0 Å². The summed E-state index contributed by atoms with van der Waals surface area (Å²) >= 11 is 0. The molecule has 3 heteroatoms. The monoisotopic (exact) mass is 278 g/mol. The van der Waals surface area contributed by atoms with Crippen molar-refractivity contribution in [3.8, 4) is 5.75 Å². The zero-order valence-corrected chi connectivity index (χ0v) is 13.8. The van der Waals surface area contributed by atoms with Crippen molar-refractivity contribution in [2.24, 2.45) is 5.92 Å². The summed E-state index contributed by atoms with van der Waals surface area (Å²) in [5, 5.41) is 3.65. The minimum Gasteiger partial charge on any atom is -0.491 e. The second kappa shape index (κ2) is 8.28. The molecule has 0 saturated heterocycles. The highest BCUT2D eigenvalue weighted by Gasteiger charge is 2.13. The molecule has 3 nitrogen and oxygen atoms in total. The minimum absolute atomic E-state index is 0.218. The van der Waals surface area contributed by atoms with Crippen LogP contribution in [0.2, 0.25) is 0 Å². The van der Waals surface area contributed by atoms with Gasteiger partial charge in [0.2, 0.25) is 0 Å². The second-order valence-electron chi connectivity index (χ2n) is 6.31. The molecule has 1 rings (SSSR count). The van der Waals surface area contributed by atoms with Gasteiger partial charge in [0.25, 0.3) is 0 Å². The van der Waals surface area contributed by atoms with Gasteiger partial charge in [-0.15, -0.1) is 0 Å². The van der Waals surface area contributed by atoms with E-state index in [9.17, 15) is 0 Å². The molecular weight excluding hydrogens is 248 g/mol. The lowest BCUT2D eigenvalue weighted by molar-refractivity contribution is 0.242. The number of benzene rings is 1. The number of hydrogen-bond donors (Lipinski definition) is 1. The third-order valence-corrected chi connectivity index (χ3v) is 3.21. The lowest BCUT2D eigenvalue weighted by Gasteiger charge is -2.26. The Balaban J connectivity index is 2.58. The van der Waals surface area contributed by atoms with Gasteiger partial charge in [0.1, 0.15) is 5.75 Å². The third-order valence-electron chi connectivity index (χ3n) is 3.21. The van der Waals surface area contributed by atoms with Gasteiger partial charge < -0.3 is 15.0 Å². The van der Waals surface area contributed by atoms with Crippen molar-refractivity contribution >= 4 is 0 Å². The van der Waals surface area contributed by atoms with E-state index in [0.717, 1.165) is 18.8 Å². The Bertz CT molecular complexity index is 388. The highest BCUT2D eigenvalue weighted by atomic mass is 16.5. The van der Waals surface area contributed by atoms with Gasteiger partial charge in [0.15, 0.2) is 0 Å². The average molecular weight is 278 g/mol. The number of hydrogen-bond acceptors (Lipinski definition) is 3. The molecule has 0 aliphatic rings. The first-order chi connectivity index (χ1) is 9.38. The lowest BCUT2D eigenvalue weighted by atomic mass is 10.0. The SMILES string of the molecule is CC(C)Oc1cccc(CNC(CN(C)C)C(C)C)c1. The lowest BCUT2D eigenvalue weighted by Crippen LogP contribution is -2.41. The molecular formula is C17H30N2O. The van der Waals surface area contributed by atoms with E-state index >= 15 is 0 Å². The number of nitrogens with zero attached hydrogens (tertiary/aromatic N) is 1. The van der Waals surface area contributed by atoms with E-state index in [0.29, 0.717) is 12.0 Å². The van der Waals surface area contributed by atoms with Crippen LogP contribution in [-0.2, 0) is 6.54 Å². The Hall–Kier alpha value is -1.06. The summed E-state index contributed by atoms with van der Waals surface area (Å²) in [6.45, 7) is 10.6. The van der Waals surface area contributed by atoms with Crippen molar-refractivity contribution in [3.05, 3.63) is 29.8 Å². The molecule has 20 heavy (non-hydrogen) atoms. The maximum absolute atomic E-state index is 5.74. The van der Waals surface area contributed by atoms with Gasteiger partial charge in [-0.3, -0.25) is 0 Å². The van der Waals surface area contributed by atoms with E-state index in [1.165, 1.54) is 5.56 Å². The van der Waals surface area contributed by atoms with E-state index in [-0.39, 0.29) is 6.10 Å². The van der Waals surface area contributed by atoms with Crippen molar-refractivity contribution in [2.75, 3.05) is 20.6 Å². The zero-order valence-electron chi connectivity index (χ0n) is 13.8. The molecule has 0 radical (unpaired) electrons. The Morgan fingerprint density at radius 3 is 2.40 bits per heavy atom. The van der Waals surface area contributed by atoms with Crippen LogP contribution in [0.4, 0.5) is 0 Å². The van der Waals surface area contributed by atoms with Gasteiger partial charge in [-0.2, -0.15) is 0 Å². The van der Waals surface area contributed by atoms with Crippen LogP contribution in [-0.4, -0.2) is 37.7 Å². The van der Waals surface area contributed by atoms with Crippen LogP contribution in [0, 0.1) is 5.92 Å². The number of nitrogens with one attached hydrogen (secondary N) is 1. The van der Waals surface area contributed by atoms with Gasteiger partial charge in [0, 0.05) is 19.1 Å². The second-order valence-corrected chi connectivity index (χ2v) is 6.31. The first-order valence-corrected chi connectivity index (χ1v) is 7.52. The summed E-state index contributed by atoms with van der Waals surface area (Å²) in [4.78, 5) is 2.23. The van der Waals surface area contributed by atoms with Crippen LogP contribution in [0.25, 0.3) is 0 Å². The molecule has 1 N–H and O–H groups in total. The highest BCUT2D eigenvalue weighted by Crippen LogP contribution is 2.15. The van der Waals surface area contributed by atoms with E-state index < -0.39 is 0 Å². The van der Waals surface area contributed by atoms with Crippen LogP contribution in [0.15, 0.2) is 24.3 Å². The quantitative estimate of drug-likeness (QED) is 0.790. The van der Waals surface area contributed by atoms with E-state index in [4.69, 9.17) is 4.74 Å². The minimum atomic E-state index is 0.218. The fraction of sp³-hybridized carbons (Fsp3) is 0.647. The molecule has 0 aliphatic heterocycles. The highest BCUT2D eigenvalue weighted by molar-refractivity contribution is 5.28. The molecule has 0 bridgehead atoms. The predicted molar refractivity (Wildman–Crippen MR) is 86.2 cm³/mol. The van der Waals surface area contributed by atoms with Crippen LogP contribution in [0.5, 0.6) is 5.75 Å². The van der Waals surface area contributed by atoms with Crippen LogP contribution in [0.3, 0.4) is 0 Å². The van der Waals surface area contributed by atoms with Crippen molar-refractivity contribution in [2.45, 2.75) is 46.4 Å². The zero-order chi connectivity index (χ0) is 15.1. The molecule has 0 aromatic heterocycles. The Labute approximate surface area is 124 Å². The Kier molecular flexibility index (Phi) is 7.03. The van der Waals surface area contributed by atoms with Gasteiger partial charge >= 0.3 is 0 Å². The van der Waals surface area contributed by atoms with E-state index in [1.54, 1.807) is 0 Å². The molecule has 114 valence electrons. The topological polar surface area (TPSA) is 24.5 Å². The summed E-state index contributed by atoms with van der Waals surface area (Å²) in [5.74, 6) is 1.57. The van der Waals surface area contributed by atoms with E-state index in [2.05, 4.69) is 70.2 Å². The molecule has 1 atom stereocenters.